The second-order valence-corrected chi connectivity index (χ2v) is 5.03. The van der Waals surface area contributed by atoms with E-state index in [9.17, 15) is 9.59 Å². The summed E-state index contributed by atoms with van der Waals surface area (Å²) in [4.78, 5) is 29.0. The Morgan fingerprint density at radius 2 is 2.10 bits per heavy atom. The molecule has 6 heteroatoms. The van der Waals surface area contributed by atoms with Crippen LogP contribution >= 0.6 is 0 Å². The molecule has 1 N–H and O–H groups in total. The Labute approximate surface area is 123 Å². The fraction of sp³-hybridized carbons (Fsp3) is 0.400. The first-order valence-electron chi connectivity index (χ1n) is 6.93. The molecule has 0 aliphatic carbocycles. The molecule has 2 aromatic rings. The Hall–Kier alpha value is -2.37. The molecule has 0 aliphatic rings. The zero-order valence-electron chi connectivity index (χ0n) is 12.2. The van der Waals surface area contributed by atoms with Crippen molar-refractivity contribution in [1.29, 1.82) is 0 Å². The minimum atomic E-state index is -0.894. The fourth-order valence-electron chi connectivity index (χ4n) is 2.20. The first-order valence-corrected chi connectivity index (χ1v) is 6.93. The normalized spacial score (nSPS) is 12.3. The third-order valence-corrected chi connectivity index (χ3v) is 3.48. The van der Waals surface area contributed by atoms with Gasteiger partial charge in [-0.1, -0.05) is 19.1 Å². The molecule has 0 spiro atoms. The number of para-hydroxylation sites is 2. The molecule has 1 aromatic heterocycles. The number of aromatic nitrogens is 2. The SMILES string of the molecule is CCN(CC(C)C(=O)O)C(=O)Cn1cnc2ccccc21. The molecule has 0 saturated carbocycles. The number of benzene rings is 1. The van der Waals surface area contributed by atoms with Crippen molar-refractivity contribution in [2.45, 2.75) is 20.4 Å². The third kappa shape index (κ3) is 3.39. The summed E-state index contributed by atoms with van der Waals surface area (Å²) in [5.41, 5.74) is 1.74. The van der Waals surface area contributed by atoms with E-state index in [0.29, 0.717) is 6.54 Å². The summed E-state index contributed by atoms with van der Waals surface area (Å²) in [6, 6.07) is 7.59. The summed E-state index contributed by atoms with van der Waals surface area (Å²) in [6.07, 6.45) is 1.64. The molecule has 0 bridgehead atoms. The largest absolute Gasteiger partial charge is 0.481 e. The molecular formula is C15H19N3O3. The van der Waals surface area contributed by atoms with Crippen LogP contribution in [0.15, 0.2) is 30.6 Å². The Kier molecular flexibility index (Phi) is 4.57. The minimum Gasteiger partial charge on any atom is -0.481 e. The number of carboxylic acids is 1. The number of hydrogen-bond donors (Lipinski definition) is 1. The number of carbonyl (C=O) groups excluding carboxylic acids is 1. The summed E-state index contributed by atoms with van der Waals surface area (Å²) in [5.74, 6) is -1.57. The van der Waals surface area contributed by atoms with Gasteiger partial charge in [-0.15, -0.1) is 0 Å². The van der Waals surface area contributed by atoms with Crippen LogP contribution in [0.5, 0.6) is 0 Å². The molecule has 0 saturated heterocycles. The van der Waals surface area contributed by atoms with Gasteiger partial charge in [0.05, 0.1) is 23.3 Å². The van der Waals surface area contributed by atoms with E-state index in [1.165, 1.54) is 0 Å². The number of aliphatic carboxylic acids is 1. The van der Waals surface area contributed by atoms with E-state index in [0.717, 1.165) is 11.0 Å². The summed E-state index contributed by atoms with van der Waals surface area (Å²) in [6.45, 7) is 4.32. The predicted octanol–water partition coefficient (Wildman–Crippen LogP) is 1.61. The van der Waals surface area contributed by atoms with Crippen LogP contribution in [-0.4, -0.2) is 44.5 Å². The molecule has 1 heterocycles. The van der Waals surface area contributed by atoms with Gasteiger partial charge >= 0.3 is 5.97 Å². The topological polar surface area (TPSA) is 75.4 Å². The monoisotopic (exact) mass is 289 g/mol. The number of imidazole rings is 1. The number of fused-ring (bicyclic) bond motifs is 1. The van der Waals surface area contributed by atoms with Crippen LogP contribution in [0.4, 0.5) is 0 Å². The smallest absolute Gasteiger partial charge is 0.308 e. The van der Waals surface area contributed by atoms with Crippen molar-refractivity contribution < 1.29 is 14.7 Å². The van der Waals surface area contributed by atoms with E-state index < -0.39 is 11.9 Å². The Morgan fingerprint density at radius 1 is 1.38 bits per heavy atom. The van der Waals surface area contributed by atoms with Gasteiger partial charge in [-0.05, 0) is 19.1 Å². The standard InChI is InChI=1S/C15H19N3O3/c1-3-17(8-11(2)15(20)21)14(19)9-18-10-16-12-6-4-5-7-13(12)18/h4-7,10-11H,3,8-9H2,1-2H3,(H,20,21). The number of likely N-dealkylation sites (N-methyl/N-ethyl adjacent to an activating group) is 1. The van der Waals surface area contributed by atoms with Gasteiger partial charge in [0.1, 0.15) is 6.54 Å². The third-order valence-electron chi connectivity index (χ3n) is 3.48. The van der Waals surface area contributed by atoms with E-state index in [1.54, 1.807) is 22.7 Å². The van der Waals surface area contributed by atoms with Crippen LogP contribution in [0.3, 0.4) is 0 Å². The van der Waals surface area contributed by atoms with Crippen LogP contribution in [0, 0.1) is 5.92 Å². The average Bonchev–Trinajstić information content (AvgIpc) is 2.87. The Bertz CT molecular complexity index is 650. The second kappa shape index (κ2) is 6.39. The molecule has 112 valence electrons. The fourth-order valence-corrected chi connectivity index (χ4v) is 2.20. The van der Waals surface area contributed by atoms with Crippen molar-refractivity contribution in [3.05, 3.63) is 30.6 Å². The van der Waals surface area contributed by atoms with Crippen molar-refractivity contribution in [3.8, 4) is 0 Å². The molecule has 1 unspecified atom stereocenters. The highest BCUT2D eigenvalue weighted by molar-refractivity contribution is 5.81. The minimum absolute atomic E-state index is 0.103. The summed E-state index contributed by atoms with van der Waals surface area (Å²) in [5, 5.41) is 8.95. The molecular weight excluding hydrogens is 270 g/mol. The molecule has 21 heavy (non-hydrogen) atoms. The van der Waals surface area contributed by atoms with Crippen molar-refractivity contribution in [2.75, 3.05) is 13.1 Å². The number of carboxylic acid groups (broad SMARTS) is 1. The maximum atomic E-state index is 12.3. The number of rotatable bonds is 6. The highest BCUT2D eigenvalue weighted by Crippen LogP contribution is 2.12. The summed E-state index contributed by atoms with van der Waals surface area (Å²) < 4.78 is 1.78. The van der Waals surface area contributed by atoms with Gasteiger partial charge in [-0.3, -0.25) is 9.59 Å². The van der Waals surface area contributed by atoms with E-state index in [4.69, 9.17) is 5.11 Å². The second-order valence-electron chi connectivity index (χ2n) is 5.03. The number of nitrogens with zero attached hydrogens (tertiary/aromatic N) is 3. The van der Waals surface area contributed by atoms with Crippen molar-refractivity contribution in [2.24, 2.45) is 5.92 Å². The molecule has 1 amide bonds. The summed E-state index contributed by atoms with van der Waals surface area (Å²) >= 11 is 0. The van der Waals surface area contributed by atoms with Gasteiger partial charge < -0.3 is 14.6 Å². The lowest BCUT2D eigenvalue weighted by Crippen LogP contribution is -2.38. The van der Waals surface area contributed by atoms with Gasteiger partial charge in [0.15, 0.2) is 0 Å². The number of carbonyl (C=O) groups is 2. The van der Waals surface area contributed by atoms with E-state index >= 15 is 0 Å². The maximum Gasteiger partial charge on any atom is 0.308 e. The summed E-state index contributed by atoms with van der Waals surface area (Å²) in [7, 11) is 0. The van der Waals surface area contributed by atoms with Gasteiger partial charge in [-0.25, -0.2) is 4.98 Å². The maximum absolute atomic E-state index is 12.3. The lowest BCUT2D eigenvalue weighted by atomic mass is 10.1. The molecule has 0 radical (unpaired) electrons. The van der Waals surface area contributed by atoms with Crippen LogP contribution in [-0.2, 0) is 16.1 Å². The Morgan fingerprint density at radius 3 is 2.76 bits per heavy atom. The molecule has 0 aliphatic heterocycles. The van der Waals surface area contributed by atoms with Gasteiger partial charge in [0.25, 0.3) is 0 Å². The van der Waals surface area contributed by atoms with Gasteiger partial charge in [-0.2, -0.15) is 0 Å². The van der Waals surface area contributed by atoms with Crippen LogP contribution in [0.25, 0.3) is 11.0 Å². The number of hydrogen-bond acceptors (Lipinski definition) is 3. The number of amides is 1. The van der Waals surface area contributed by atoms with Crippen LogP contribution in [0.2, 0.25) is 0 Å². The highest BCUT2D eigenvalue weighted by atomic mass is 16.4. The lowest BCUT2D eigenvalue weighted by molar-refractivity contribution is -0.143. The first-order chi connectivity index (χ1) is 10.0. The molecule has 6 nitrogen and oxygen atoms in total. The zero-order valence-corrected chi connectivity index (χ0v) is 12.2. The van der Waals surface area contributed by atoms with Crippen molar-refractivity contribution >= 4 is 22.9 Å². The van der Waals surface area contributed by atoms with E-state index in [2.05, 4.69) is 4.98 Å². The quantitative estimate of drug-likeness (QED) is 0.876. The molecule has 0 fully saturated rings. The predicted molar refractivity (Wildman–Crippen MR) is 78.8 cm³/mol. The van der Waals surface area contributed by atoms with Gasteiger partial charge in [0.2, 0.25) is 5.91 Å². The molecule has 1 atom stereocenters. The van der Waals surface area contributed by atoms with Crippen molar-refractivity contribution in [1.82, 2.24) is 14.5 Å². The molecule has 2 rings (SSSR count). The average molecular weight is 289 g/mol. The van der Waals surface area contributed by atoms with Crippen LogP contribution in [0.1, 0.15) is 13.8 Å². The Balaban J connectivity index is 2.10. The molecule has 1 aromatic carbocycles. The lowest BCUT2D eigenvalue weighted by Gasteiger charge is -2.23. The van der Waals surface area contributed by atoms with E-state index in [1.807, 2.05) is 31.2 Å². The first kappa shape index (κ1) is 15.0. The van der Waals surface area contributed by atoms with Gasteiger partial charge in [0, 0.05) is 13.1 Å². The van der Waals surface area contributed by atoms with Crippen LogP contribution < -0.4 is 0 Å². The zero-order chi connectivity index (χ0) is 15.4. The van der Waals surface area contributed by atoms with Crippen molar-refractivity contribution in [3.63, 3.8) is 0 Å². The highest BCUT2D eigenvalue weighted by Gasteiger charge is 2.19. The van der Waals surface area contributed by atoms with E-state index in [-0.39, 0.29) is 19.0 Å².